The summed E-state index contributed by atoms with van der Waals surface area (Å²) >= 11 is 0. The monoisotopic (exact) mass is 1110 g/mol. The van der Waals surface area contributed by atoms with Gasteiger partial charge in [0.05, 0.1) is 25.4 Å². The van der Waals surface area contributed by atoms with Crippen molar-refractivity contribution in [3.05, 3.63) is 48.6 Å². The van der Waals surface area contributed by atoms with Crippen LogP contribution >= 0.6 is 0 Å². The minimum atomic E-state index is -0.674. The van der Waals surface area contributed by atoms with Crippen LogP contribution in [0.15, 0.2) is 48.6 Å². The number of allylic oxidation sites excluding steroid dienone is 8. The van der Waals surface area contributed by atoms with E-state index in [1.165, 1.54) is 270 Å². The second-order valence-electron chi connectivity index (χ2n) is 24.2. The number of aliphatic hydroxyl groups is 2. The van der Waals surface area contributed by atoms with Gasteiger partial charge in [-0.1, -0.05) is 326 Å². The Hall–Kier alpha value is -2.18. The Labute approximate surface area is 493 Å². The fourth-order valence-corrected chi connectivity index (χ4v) is 11.0. The summed E-state index contributed by atoms with van der Waals surface area (Å²) in [6.07, 6.45) is 88.6. The molecule has 0 radical (unpaired) electrons. The highest BCUT2D eigenvalue weighted by atomic mass is 16.5. The third-order valence-corrected chi connectivity index (χ3v) is 16.4. The fourth-order valence-electron chi connectivity index (χ4n) is 11.0. The molecular formula is C73H137NO5. The first-order valence-corrected chi connectivity index (χ1v) is 35.4. The third-order valence-electron chi connectivity index (χ3n) is 16.4. The van der Waals surface area contributed by atoms with Gasteiger partial charge in [0, 0.05) is 12.8 Å². The first-order valence-electron chi connectivity index (χ1n) is 35.4. The molecule has 0 aliphatic heterocycles. The summed E-state index contributed by atoms with van der Waals surface area (Å²) in [5.74, 6) is -0.0615. The van der Waals surface area contributed by atoms with E-state index in [1.54, 1.807) is 0 Å². The van der Waals surface area contributed by atoms with Crippen LogP contribution in [0.5, 0.6) is 0 Å². The summed E-state index contributed by atoms with van der Waals surface area (Å²) in [6.45, 7) is 4.92. The van der Waals surface area contributed by atoms with Crippen LogP contribution in [0.3, 0.4) is 0 Å². The second-order valence-corrected chi connectivity index (χ2v) is 24.2. The summed E-state index contributed by atoms with van der Waals surface area (Å²) in [7, 11) is 0. The van der Waals surface area contributed by atoms with Crippen molar-refractivity contribution in [1.29, 1.82) is 0 Å². The van der Waals surface area contributed by atoms with Crippen molar-refractivity contribution in [2.75, 3.05) is 13.2 Å². The summed E-state index contributed by atoms with van der Waals surface area (Å²) in [5.41, 5.74) is 0. The number of rotatable bonds is 66. The maximum atomic E-state index is 12.6. The van der Waals surface area contributed by atoms with Gasteiger partial charge in [0.2, 0.25) is 5.91 Å². The smallest absolute Gasteiger partial charge is 0.305 e. The van der Waals surface area contributed by atoms with Crippen molar-refractivity contribution in [2.24, 2.45) is 0 Å². The molecule has 2 atom stereocenters. The number of nitrogens with one attached hydrogen (secondary N) is 1. The number of ether oxygens (including phenoxy) is 1. The first kappa shape index (κ1) is 76.8. The van der Waals surface area contributed by atoms with Crippen molar-refractivity contribution in [2.45, 2.75) is 392 Å². The first-order chi connectivity index (χ1) is 39.0. The van der Waals surface area contributed by atoms with Gasteiger partial charge in [0.1, 0.15) is 0 Å². The van der Waals surface area contributed by atoms with Crippen molar-refractivity contribution in [1.82, 2.24) is 5.32 Å². The molecule has 3 N–H and O–H groups in total. The van der Waals surface area contributed by atoms with E-state index in [0.29, 0.717) is 25.9 Å². The zero-order valence-electron chi connectivity index (χ0n) is 53.1. The van der Waals surface area contributed by atoms with Gasteiger partial charge in [-0.25, -0.2) is 0 Å². The topological polar surface area (TPSA) is 95.9 Å². The third kappa shape index (κ3) is 64.8. The van der Waals surface area contributed by atoms with Crippen LogP contribution in [0.4, 0.5) is 0 Å². The lowest BCUT2D eigenvalue weighted by Gasteiger charge is -2.22. The van der Waals surface area contributed by atoms with Gasteiger partial charge in [0.15, 0.2) is 0 Å². The van der Waals surface area contributed by atoms with E-state index in [4.69, 9.17) is 4.74 Å². The molecule has 0 heterocycles. The number of hydrogen-bond acceptors (Lipinski definition) is 5. The van der Waals surface area contributed by atoms with E-state index < -0.39 is 12.1 Å². The summed E-state index contributed by atoms with van der Waals surface area (Å²) in [6, 6.07) is -0.552. The molecular weight excluding hydrogens is 971 g/mol. The average molecular weight is 1110 g/mol. The standard InChI is InChI=1S/C73H137NO5/c1-3-5-7-9-11-13-15-17-19-21-23-24-25-26-27-28-30-33-37-41-45-49-53-57-61-65-71(76)70(69-75)74-72(77)66-62-58-54-50-46-42-38-34-31-29-32-36-40-44-48-52-56-60-64-68-79-73(78)67-63-59-55-51-47-43-39-35-22-20-18-16-14-12-10-8-6-4-2/h14,16,20,22,36,40,44,48,70-71,75-76H,3-13,15,17-19,21,23-35,37-39,41-43,45-47,49-69H2,1-2H3,(H,74,77)/b16-14-,22-20-,40-36-,48-44-. The van der Waals surface area contributed by atoms with Crippen molar-refractivity contribution in [3.63, 3.8) is 0 Å². The lowest BCUT2D eigenvalue weighted by atomic mass is 10.0. The van der Waals surface area contributed by atoms with Crippen LogP contribution in [0.2, 0.25) is 0 Å². The maximum Gasteiger partial charge on any atom is 0.305 e. The Kier molecular flexibility index (Phi) is 66.4. The van der Waals surface area contributed by atoms with Crippen LogP contribution in [0.25, 0.3) is 0 Å². The Balaban J connectivity index is 3.46. The molecule has 0 saturated carbocycles. The van der Waals surface area contributed by atoms with E-state index in [0.717, 1.165) is 77.0 Å². The fraction of sp³-hybridized carbons (Fsp3) is 0.863. The highest BCUT2D eigenvalue weighted by Crippen LogP contribution is 2.18. The zero-order chi connectivity index (χ0) is 57.1. The molecule has 0 aromatic heterocycles. The van der Waals surface area contributed by atoms with Gasteiger partial charge in [0.25, 0.3) is 0 Å². The quantitative estimate of drug-likeness (QED) is 0.0244. The number of carbonyl (C=O) groups excluding carboxylic acids is 2. The Bertz CT molecular complexity index is 1320. The van der Waals surface area contributed by atoms with E-state index in [-0.39, 0.29) is 18.5 Å². The van der Waals surface area contributed by atoms with Crippen LogP contribution in [0.1, 0.15) is 380 Å². The van der Waals surface area contributed by atoms with Gasteiger partial charge >= 0.3 is 5.97 Å². The van der Waals surface area contributed by atoms with E-state index in [2.05, 4.69) is 67.8 Å². The van der Waals surface area contributed by atoms with Crippen molar-refractivity contribution >= 4 is 11.9 Å². The minimum absolute atomic E-state index is 0.0201. The molecule has 0 fully saturated rings. The van der Waals surface area contributed by atoms with Crippen molar-refractivity contribution < 1.29 is 24.5 Å². The van der Waals surface area contributed by atoms with Gasteiger partial charge < -0.3 is 20.3 Å². The predicted octanol–water partition coefficient (Wildman–Crippen LogP) is 22.9. The summed E-state index contributed by atoms with van der Waals surface area (Å²) in [4.78, 5) is 24.6. The lowest BCUT2D eigenvalue weighted by molar-refractivity contribution is -0.143. The lowest BCUT2D eigenvalue weighted by Crippen LogP contribution is -2.45. The maximum absolute atomic E-state index is 12.6. The highest BCUT2D eigenvalue weighted by molar-refractivity contribution is 5.76. The molecule has 0 rings (SSSR count). The van der Waals surface area contributed by atoms with E-state index in [9.17, 15) is 19.8 Å². The van der Waals surface area contributed by atoms with Crippen LogP contribution < -0.4 is 5.32 Å². The average Bonchev–Trinajstić information content (AvgIpc) is 3.45. The molecule has 0 aromatic carbocycles. The largest absolute Gasteiger partial charge is 0.466 e. The molecule has 79 heavy (non-hydrogen) atoms. The molecule has 0 bridgehead atoms. The summed E-state index contributed by atoms with van der Waals surface area (Å²) < 4.78 is 5.47. The zero-order valence-corrected chi connectivity index (χ0v) is 53.1. The van der Waals surface area contributed by atoms with Gasteiger partial charge in [-0.15, -0.1) is 0 Å². The number of amides is 1. The van der Waals surface area contributed by atoms with E-state index in [1.807, 2.05) is 0 Å². The van der Waals surface area contributed by atoms with Crippen molar-refractivity contribution in [3.8, 4) is 0 Å². The Morgan fingerprint density at radius 1 is 0.367 bits per heavy atom. The molecule has 0 saturated heterocycles. The molecule has 6 heteroatoms. The Morgan fingerprint density at radius 3 is 1.05 bits per heavy atom. The normalized spacial score (nSPS) is 12.8. The molecule has 0 aliphatic carbocycles. The molecule has 0 spiro atoms. The highest BCUT2D eigenvalue weighted by Gasteiger charge is 2.20. The summed E-state index contributed by atoms with van der Waals surface area (Å²) in [5, 5.41) is 23.4. The number of carbonyl (C=O) groups is 2. The van der Waals surface area contributed by atoms with Crippen LogP contribution in [-0.4, -0.2) is 47.4 Å². The van der Waals surface area contributed by atoms with Gasteiger partial charge in [-0.05, 0) is 89.9 Å². The number of hydrogen-bond donors (Lipinski definition) is 3. The molecule has 0 aliphatic rings. The molecule has 464 valence electrons. The van der Waals surface area contributed by atoms with Crippen LogP contribution in [0, 0.1) is 0 Å². The number of unbranched alkanes of at least 4 members (excludes halogenated alkanes) is 48. The SMILES string of the molecule is CCCCCC/C=C\C/C=C\CCCCCCCCCC(=O)OCCCCC/C=C\C=C/CCCCCCCCCCCCC(=O)NC(CO)C(O)CCCCCCCCCCCCCCCCCCCCCCCCCCC. The number of aliphatic hydroxyl groups excluding tert-OH is 2. The molecule has 6 nitrogen and oxygen atoms in total. The Morgan fingerprint density at radius 2 is 0.671 bits per heavy atom. The van der Waals surface area contributed by atoms with Gasteiger partial charge in [-0.2, -0.15) is 0 Å². The second kappa shape index (κ2) is 68.3. The minimum Gasteiger partial charge on any atom is -0.466 e. The molecule has 2 unspecified atom stereocenters. The van der Waals surface area contributed by atoms with Gasteiger partial charge in [-0.3, -0.25) is 9.59 Å². The molecule has 1 amide bonds. The van der Waals surface area contributed by atoms with Crippen LogP contribution in [-0.2, 0) is 14.3 Å². The molecule has 0 aromatic rings. The van der Waals surface area contributed by atoms with E-state index >= 15 is 0 Å². The predicted molar refractivity (Wildman–Crippen MR) is 347 cm³/mol. The number of esters is 1.